The van der Waals surface area contributed by atoms with E-state index in [2.05, 4.69) is 5.32 Å². The van der Waals surface area contributed by atoms with Gasteiger partial charge in [-0.15, -0.1) is 0 Å². The minimum Gasteiger partial charge on any atom is -0.496 e. The minimum atomic E-state index is -0.0535. The van der Waals surface area contributed by atoms with Gasteiger partial charge in [-0.1, -0.05) is 25.1 Å². The van der Waals surface area contributed by atoms with E-state index in [-0.39, 0.29) is 17.9 Å². The average Bonchev–Trinajstić information content (AvgIpc) is 2.51. The standard InChI is InChI=1S/C17H26N2O3/c1-5-13(2)18-17(21)10-11-19(14(3)20)12-15-8-6-7-9-16(15)22-4/h6-9,13H,5,10-12H2,1-4H3,(H,18,21). The zero-order chi connectivity index (χ0) is 16.5. The van der Waals surface area contributed by atoms with Crippen LogP contribution in [0.15, 0.2) is 24.3 Å². The molecule has 122 valence electrons. The number of methoxy groups -OCH3 is 1. The molecular weight excluding hydrogens is 280 g/mol. The van der Waals surface area contributed by atoms with Gasteiger partial charge in [-0.05, 0) is 19.4 Å². The molecule has 0 spiro atoms. The van der Waals surface area contributed by atoms with Crippen LogP contribution in [-0.4, -0.2) is 36.4 Å². The Morgan fingerprint density at radius 2 is 2.00 bits per heavy atom. The van der Waals surface area contributed by atoms with Crippen molar-refractivity contribution in [3.8, 4) is 5.75 Å². The molecule has 1 unspecified atom stereocenters. The van der Waals surface area contributed by atoms with Crippen molar-refractivity contribution in [2.75, 3.05) is 13.7 Å². The second-order valence-corrected chi connectivity index (χ2v) is 5.38. The number of rotatable bonds is 8. The third kappa shape index (κ3) is 5.76. The molecule has 0 heterocycles. The van der Waals surface area contributed by atoms with Crippen LogP contribution in [0.3, 0.4) is 0 Å². The predicted molar refractivity (Wildman–Crippen MR) is 86.6 cm³/mol. The first-order chi connectivity index (χ1) is 10.5. The summed E-state index contributed by atoms with van der Waals surface area (Å²) in [4.78, 5) is 25.3. The van der Waals surface area contributed by atoms with Crippen LogP contribution in [0.2, 0.25) is 0 Å². The molecule has 1 aromatic carbocycles. The molecule has 5 heteroatoms. The quantitative estimate of drug-likeness (QED) is 0.802. The fourth-order valence-corrected chi connectivity index (χ4v) is 2.07. The summed E-state index contributed by atoms with van der Waals surface area (Å²) in [5.41, 5.74) is 0.933. The number of benzene rings is 1. The van der Waals surface area contributed by atoms with Crippen molar-refractivity contribution in [3.05, 3.63) is 29.8 Å². The molecule has 1 N–H and O–H groups in total. The molecule has 2 amide bonds. The van der Waals surface area contributed by atoms with E-state index in [1.54, 1.807) is 12.0 Å². The second kappa shape index (κ2) is 9.07. The fourth-order valence-electron chi connectivity index (χ4n) is 2.07. The molecule has 0 saturated heterocycles. The highest BCUT2D eigenvalue weighted by molar-refractivity contribution is 5.78. The molecule has 0 aliphatic rings. The molecule has 0 aromatic heterocycles. The summed E-state index contributed by atoms with van der Waals surface area (Å²) in [6.07, 6.45) is 1.20. The Morgan fingerprint density at radius 1 is 1.32 bits per heavy atom. The number of carbonyl (C=O) groups excluding carboxylic acids is 2. The summed E-state index contributed by atoms with van der Waals surface area (Å²) in [7, 11) is 1.61. The smallest absolute Gasteiger partial charge is 0.221 e. The first-order valence-corrected chi connectivity index (χ1v) is 7.64. The topological polar surface area (TPSA) is 58.6 Å². The molecule has 0 bridgehead atoms. The van der Waals surface area contributed by atoms with Crippen LogP contribution in [0, 0.1) is 0 Å². The molecule has 5 nitrogen and oxygen atoms in total. The largest absolute Gasteiger partial charge is 0.496 e. The van der Waals surface area contributed by atoms with E-state index in [4.69, 9.17) is 4.74 Å². The van der Waals surface area contributed by atoms with Gasteiger partial charge in [0.15, 0.2) is 0 Å². The second-order valence-electron chi connectivity index (χ2n) is 5.38. The van der Waals surface area contributed by atoms with Gasteiger partial charge >= 0.3 is 0 Å². The first-order valence-electron chi connectivity index (χ1n) is 7.64. The van der Waals surface area contributed by atoms with E-state index in [0.717, 1.165) is 17.7 Å². The highest BCUT2D eigenvalue weighted by atomic mass is 16.5. The number of carbonyl (C=O) groups is 2. The molecular formula is C17H26N2O3. The van der Waals surface area contributed by atoms with Gasteiger partial charge in [0.2, 0.25) is 11.8 Å². The van der Waals surface area contributed by atoms with Gasteiger partial charge in [0.1, 0.15) is 5.75 Å². The molecule has 0 aliphatic carbocycles. The Morgan fingerprint density at radius 3 is 2.59 bits per heavy atom. The third-order valence-electron chi connectivity index (χ3n) is 3.63. The molecule has 0 aliphatic heterocycles. The van der Waals surface area contributed by atoms with E-state index in [9.17, 15) is 9.59 Å². The maximum Gasteiger partial charge on any atom is 0.221 e. The molecule has 1 rings (SSSR count). The van der Waals surface area contributed by atoms with Crippen molar-refractivity contribution >= 4 is 11.8 Å². The van der Waals surface area contributed by atoms with Gasteiger partial charge in [-0.3, -0.25) is 9.59 Å². The monoisotopic (exact) mass is 306 g/mol. The predicted octanol–water partition coefficient (Wildman–Crippen LogP) is 2.35. The molecule has 0 fully saturated rings. The Bertz CT molecular complexity index is 502. The number of nitrogens with one attached hydrogen (secondary N) is 1. The zero-order valence-electron chi connectivity index (χ0n) is 13.9. The van der Waals surface area contributed by atoms with Crippen LogP contribution in [0.1, 0.15) is 39.2 Å². The summed E-state index contributed by atoms with van der Waals surface area (Å²) in [6.45, 7) is 6.34. The maximum atomic E-state index is 11.8. The van der Waals surface area contributed by atoms with E-state index < -0.39 is 0 Å². The van der Waals surface area contributed by atoms with Crippen molar-refractivity contribution in [2.45, 2.75) is 46.2 Å². The minimum absolute atomic E-state index is 0.0272. The van der Waals surface area contributed by atoms with E-state index in [0.29, 0.717) is 19.5 Å². The van der Waals surface area contributed by atoms with Gasteiger partial charge in [0, 0.05) is 38.0 Å². The number of hydrogen-bond donors (Lipinski definition) is 1. The molecule has 0 saturated carbocycles. The lowest BCUT2D eigenvalue weighted by atomic mass is 10.1. The van der Waals surface area contributed by atoms with Gasteiger partial charge in [0.25, 0.3) is 0 Å². The Hall–Kier alpha value is -2.04. The van der Waals surface area contributed by atoms with Crippen molar-refractivity contribution in [1.82, 2.24) is 10.2 Å². The van der Waals surface area contributed by atoms with Crippen LogP contribution >= 0.6 is 0 Å². The summed E-state index contributed by atoms with van der Waals surface area (Å²) >= 11 is 0. The lowest BCUT2D eigenvalue weighted by Crippen LogP contribution is -2.36. The van der Waals surface area contributed by atoms with Gasteiger partial charge in [-0.2, -0.15) is 0 Å². The lowest BCUT2D eigenvalue weighted by molar-refractivity contribution is -0.130. The Labute approximate surface area is 132 Å². The van der Waals surface area contributed by atoms with Gasteiger partial charge in [-0.25, -0.2) is 0 Å². The summed E-state index contributed by atoms with van der Waals surface area (Å²) in [6, 6.07) is 7.75. The Kier molecular flexibility index (Phi) is 7.43. The normalized spacial score (nSPS) is 11.6. The SMILES string of the molecule is CCC(C)NC(=O)CCN(Cc1ccccc1OC)C(C)=O. The number of nitrogens with zero attached hydrogens (tertiary/aromatic N) is 1. The van der Waals surface area contributed by atoms with Gasteiger partial charge in [0.05, 0.1) is 7.11 Å². The number of para-hydroxylation sites is 1. The number of amides is 2. The molecule has 0 radical (unpaired) electrons. The molecule has 1 atom stereocenters. The summed E-state index contributed by atoms with van der Waals surface area (Å²) in [5, 5.41) is 2.91. The van der Waals surface area contributed by atoms with E-state index >= 15 is 0 Å². The first kappa shape index (κ1) is 18.0. The van der Waals surface area contributed by atoms with E-state index in [1.807, 2.05) is 38.1 Å². The summed E-state index contributed by atoms with van der Waals surface area (Å²) in [5.74, 6) is 0.667. The molecule has 1 aromatic rings. The third-order valence-corrected chi connectivity index (χ3v) is 3.63. The van der Waals surface area contributed by atoms with Crippen molar-refractivity contribution in [3.63, 3.8) is 0 Å². The average molecular weight is 306 g/mol. The van der Waals surface area contributed by atoms with Crippen LogP contribution < -0.4 is 10.1 Å². The summed E-state index contributed by atoms with van der Waals surface area (Å²) < 4.78 is 5.30. The lowest BCUT2D eigenvalue weighted by Gasteiger charge is -2.22. The highest BCUT2D eigenvalue weighted by Gasteiger charge is 2.14. The fraction of sp³-hybridized carbons (Fsp3) is 0.529. The van der Waals surface area contributed by atoms with E-state index in [1.165, 1.54) is 6.92 Å². The Balaban J connectivity index is 2.63. The van der Waals surface area contributed by atoms with Crippen LogP contribution in [0.5, 0.6) is 5.75 Å². The van der Waals surface area contributed by atoms with Crippen LogP contribution in [-0.2, 0) is 16.1 Å². The number of hydrogen-bond acceptors (Lipinski definition) is 3. The zero-order valence-corrected chi connectivity index (χ0v) is 13.9. The van der Waals surface area contributed by atoms with Crippen molar-refractivity contribution < 1.29 is 14.3 Å². The van der Waals surface area contributed by atoms with Crippen molar-refractivity contribution in [1.29, 1.82) is 0 Å². The highest BCUT2D eigenvalue weighted by Crippen LogP contribution is 2.19. The van der Waals surface area contributed by atoms with Crippen molar-refractivity contribution in [2.24, 2.45) is 0 Å². The maximum absolute atomic E-state index is 11.8. The number of ether oxygens (including phenoxy) is 1. The van der Waals surface area contributed by atoms with Crippen LogP contribution in [0.25, 0.3) is 0 Å². The van der Waals surface area contributed by atoms with Crippen LogP contribution in [0.4, 0.5) is 0 Å². The van der Waals surface area contributed by atoms with Gasteiger partial charge < -0.3 is 15.0 Å². The molecule has 22 heavy (non-hydrogen) atoms.